The van der Waals surface area contributed by atoms with Gasteiger partial charge in [-0.15, -0.1) is 0 Å². The molecule has 1 aliphatic carbocycles. The van der Waals surface area contributed by atoms with E-state index >= 15 is 0 Å². The molecule has 108 valence electrons. The number of nitrogens with one attached hydrogen (secondary N) is 1. The van der Waals surface area contributed by atoms with Gasteiger partial charge in [0.05, 0.1) is 5.92 Å². The second-order valence-electron chi connectivity index (χ2n) is 6.04. The van der Waals surface area contributed by atoms with Gasteiger partial charge in [0.1, 0.15) is 0 Å². The largest absolute Gasteiger partial charge is 0.481 e. The number of likely N-dealkylation sites (tertiary alicyclic amines) is 1. The molecule has 2 fully saturated rings. The topological polar surface area (TPSA) is 69.6 Å². The molecule has 2 aliphatic rings. The van der Waals surface area contributed by atoms with E-state index in [9.17, 15) is 9.59 Å². The summed E-state index contributed by atoms with van der Waals surface area (Å²) >= 11 is 0. The molecule has 1 saturated heterocycles. The van der Waals surface area contributed by atoms with E-state index in [1.165, 1.54) is 0 Å². The molecular formula is C14H24N2O3. The van der Waals surface area contributed by atoms with Gasteiger partial charge in [0.2, 0.25) is 0 Å². The Hall–Kier alpha value is -1.26. The van der Waals surface area contributed by atoms with Crippen molar-refractivity contribution in [2.75, 3.05) is 6.54 Å². The molecule has 5 heteroatoms. The normalized spacial score (nSPS) is 35.2. The molecule has 0 aromatic carbocycles. The Labute approximate surface area is 114 Å². The van der Waals surface area contributed by atoms with Crippen molar-refractivity contribution in [3.8, 4) is 0 Å². The fourth-order valence-corrected chi connectivity index (χ4v) is 3.12. The molecule has 0 aromatic heterocycles. The van der Waals surface area contributed by atoms with Crippen LogP contribution in [0.15, 0.2) is 0 Å². The molecule has 0 aromatic rings. The summed E-state index contributed by atoms with van der Waals surface area (Å²) in [5, 5.41) is 12.0. The number of hydrogen-bond acceptors (Lipinski definition) is 2. The van der Waals surface area contributed by atoms with Crippen LogP contribution in [-0.4, -0.2) is 40.6 Å². The Kier molecular flexibility index (Phi) is 4.32. The van der Waals surface area contributed by atoms with Gasteiger partial charge in [-0.3, -0.25) is 4.79 Å². The van der Waals surface area contributed by atoms with Gasteiger partial charge in [-0.25, -0.2) is 4.79 Å². The van der Waals surface area contributed by atoms with Crippen LogP contribution >= 0.6 is 0 Å². The lowest BCUT2D eigenvalue weighted by Crippen LogP contribution is -2.48. The first kappa shape index (κ1) is 14.2. The molecule has 2 atom stereocenters. The third kappa shape index (κ3) is 3.19. The van der Waals surface area contributed by atoms with Crippen molar-refractivity contribution in [2.45, 2.75) is 58.0 Å². The lowest BCUT2D eigenvalue weighted by molar-refractivity contribution is -0.142. The average Bonchev–Trinajstić information content (AvgIpc) is 2.70. The zero-order valence-electron chi connectivity index (χ0n) is 11.8. The molecule has 2 rings (SSSR count). The van der Waals surface area contributed by atoms with Crippen LogP contribution in [0.5, 0.6) is 0 Å². The number of urea groups is 1. The molecule has 5 nitrogen and oxygen atoms in total. The summed E-state index contributed by atoms with van der Waals surface area (Å²) in [4.78, 5) is 25.0. The van der Waals surface area contributed by atoms with Crippen LogP contribution in [0, 0.1) is 11.8 Å². The van der Waals surface area contributed by atoms with Crippen molar-refractivity contribution in [3.63, 3.8) is 0 Å². The molecule has 1 saturated carbocycles. The first-order valence-electron chi connectivity index (χ1n) is 7.29. The zero-order chi connectivity index (χ0) is 14.0. The van der Waals surface area contributed by atoms with E-state index in [1.54, 1.807) is 0 Å². The van der Waals surface area contributed by atoms with E-state index in [-0.39, 0.29) is 18.0 Å². The molecular weight excluding hydrogens is 244 g/mol. The minimum atomic E-state index is -0.702. The lowest BCUT2D eigenvalue weighted by Gasteiger charge is -2.30. The van der Waals surface area contributed by atoms with Crippen LogP contribution < -0.4 is 5.32 Å². The smallest absolute Gasteiger partial charge is 0.317 e. The maximum Gasteiger partial charge on any atom is 0.317 e. The predicted octanol–water partition coefficient (Wildman–Crippen LogP) is 2.07. The van der Waals surface area contributed by atoms with Gasteiger partial charge >= 0.3 is 12.0 Å². The highest BCUT2D eigenvalue weighted by molar-refractivity contribution is 5.75. The number of carbonyl (C=O) groups is 2. The number of nitrogens with zero attached hydrogens (tertiary/aromatic N) is 1. The van der Waals surface area contributed by atoms with Crippen molar-refractivity contribution >= 4 is 12.0 Å². The summed E-state index contributed by atoms with van der Waals surface area (Å²) in [5.74, 6) is -0.362. The van der Waals surface area contributed by atoms with Crippen LogP contribution in [0.2, 0.25) is 0 Å². The van der Waals surface area contributed by atoms with Crippen molar-refractivity contribution < 1.29 is 14.7 Å². The minimum Gasteiger partial charge on any atom is -0.481 e. The van der Waals surface area contributed by atoms with Crippen LogP contribution in [0.25, 0.3) is 0 Å². The highest BCUT2D eigenvalue weighted by atomic mass is 16.4. The number of hydrogen-bond donors (Lipinski definition) is 2. The summed E-state index contributed by atoms with van der Waals surface area (Å²) < 4.78 is 0. The molecule has 0 bridgehead atoms. The Morgan fingerprint density at radius 1 is 1.11 bits per heavy atom. The molecule has 2 N–H and O–H groups in total. The van der Waals surface area contributed by atoms with Gasteiger partial charge in [-0.1, -0.05) is 6.92 Å². The molecule has 0 radical (unpaired) electrons. The second-order valence-corrected chi connectivity index (χ2v) is 6.04. The van der Waals surface area contributed by atoms with Crippen LogP contribution in [-0.2, 0) is 4.79 Å². The SMILES string of the molecule is CC1CCN(C(=O)NC2CCC(C(=O)O)CC2)C1C. The van der Waals surface area contributed by atoms with E-state index < -0.39 is 5.97 Å². The van der Waals surface area contributed by atoms with Crippen molar-refractivity contribution in [1.82, 2.24) is 10.2 Å². The maximum atomic E-state index is 12.2. The van der Waals surface area contributed by atoms with Gasteiger partial charge in [-0.05, 0) is 44.9 Å². The number of carbonyl (C=O) groups excluding carboxylic acids is 1. The summed E-state index contributed by atoms with van der Waals surface area (Å²) in [6.45, 7) is 5.10. The van der Waals surface area contributed by atoms with Crippen LogP contribution in [0.1, 0.15) is 46.0 Å². The van der Waals surface area contributed by atoms with Gasteiger partial charge in [0.25, 0.3) is 0 Å². The van der Waals surface area contributed by atoms with Crippen molar-refractivity contribution in [3.05, 3.63) is 0 Å². The molecule has 0 spiro atoms. The first-order chi connectivity index (χ1) is 8.99. The average molecular weight is 268 g/mol. The second kappa shape index (κ2) is 5.80. The van der Waals surface area contributed by atoms with Crippen LogP contribution in [0.4, 0.5) is 4.79 Å². The van der Waals surface area contributed by atoms with E-state index in [1.807, 2.05) is 4.90 Å². The highest BCUT2D eigenvalue weighted by Gasteiger charge is 2.33. The summed E-state index contributed by atoms with van der Waals surface area (Å²) in [5.41, 5.74) is 0. The minimum absolute atomic E-state index is 0.0237. The van der Waals surface area contributed by atoms with Gasteiger partial charge in [-0.2, -0.15) is 0 Å². The highest BCUT2D eigenvalue weighted by Crippen LogP contribution is 2.26. The molecule has 2 unspecified atom stereocenters. The molecule has 1 aliphatic heterocycles. The number of rotatable bonds is 2. The van der Waals surface area contributed by atoms with Gasteiger partial charge in [0.15, 0.2) is 0 Å². The van der Waals surface area contributed by atoms with E-state index in [2.05, 4.69) is 19.2 Å². The first-order valence-corrected chi connectivity index (χ1v) is 7.29. The quantitative estimate of drug-likeness (QED) is 0.805. The predicted molar refractivity (Wildman–Crippen MR) is 71.9 cm³/mol. The lowest BCUT2D eigenvalue weighted by atomic mass is 9.86. The molecule has 1 heterocycles. The number of carboxylic acid groups (broad SMARTS) is 1. The summed E-state index contributed by atoms with van der Waals surface area (Å²) in [6, 6.07) is 0.470. The van der Waals surface area contributed by atoms with E-state index in [0.717, 1.165) is 25.8 Å². The fourth-order valence-electron chi connectivity index (χ4n) is 3.12. The molecule has 2 amide bonds. The van der Waals surface area contributed by atoms with Crippen molar-refractivity contribution in [1.29, 1.82) is 0 Å². The fraction of sp³-hybridized carbons (Fsp3) is 0.857. The Morgan fingerprint density at radius 2 is 1.74 bits per heavy atom. The monoisotopic (exact) mass is 268 g/mol. The summed E-state index contributed by atoms with van der Waals surface area (Å²) in [7, 11) is 0. The third-order valence-electron chi connectivity index (χ3n) is 4.81. The van der Waals surface area contributed by atoms with E-state index in [0.29, 0.717) is 24.8 Å². The van der Waals surface area contributed by atoms with E-state index in [4.69, 9.17) is 5.11 Å². The molecule has 19 heavy (non-hydrogen) atoms. The Morgan fingerprint density at radius 3 is 2.21 bits per heavy atom. The number of amides is 2. The van der Waals surface area contributed by atoms with Gasteiger partial charge in [0, 0.05) is 18.6 Å². The Balaban J connectivity index is 1.79. The summed E-state index contributed by atoms with van der Waals surface area (Å²) in [6.07, 6.45) is 3.97. The zero-order valence-corrected chi connectivity index (χ0v) is 11.8. The maximum absolute atomic E-state index is 12.2. The third-order valence-corrected chi connectivity index (χ3v) is 4.81. The standard InChI is InChI=1S/C14H24N2O3/c1-9-7-8-16(10(9)2)14(19)15-12-5-3-11(4-6-12)13(17)18/h9-12H,3-8H2,1-2H3,(H,15,19)(H,17,18). The number of carboxylic acids is 1. The van der Waals surface area contributed by atoms with Crippen molar-refractivity contribution in [2.24, 2.45) is 11.8 Å². The number of aliphatic carboxylic acids is 1. The van der Waals surface area contributed by atoms with Gasteiger partial charge < -0.3 is 15.3 Å². The van der Waals surface area contributed by atoms with Crippen LogP contribution in [0.3, 0.4) is 0 Å². The Bertz CT molecular complexity index is 351.